The van der Waals surface area contributed by atoms with Crippen molar-refractivity contribution in [3.05, 3.63) is 22.8 Å². The Hall–Kier alpha value is -1.49. The van der Waals surface area contributed by atoms with E-state index in [9.17, 15) is 4.79 Å². The second-order valence-corrected chi connectivity index (χ2v) is 3.74. The Bertz CT molecular complexity index is 478. The van der Waals surface area contributed by atoms with Crippen LogP contribution in [0.5, 0.6) is 0 Å². The first-order valence-corrected chi connectivity index (χ1v) is 4.46. The molecule has 0 aliphatic rings. The second kappa shape index (κ2) is 2.77. The van der Waals surface area contributed by atoms with Gasteiger partial charge in [0.15, 0.2) is 0 Å². The van der Waals surface area contributed by atoms with Crippen LogP contribution in [-0.2, 0) is 0 Å². The summed E-state index contributed by atoms with van der Waals surface area (Å²) in [7, 11) is 0. The van der Waals surface area contributed by atoms with Crippen molar-refractivity contribution in [3.8, 4) is 0 Å². The lowest BCUT2D eigenvalue weighted by Crippen LogP contribution is -1.98. The molecule has 5 heteroatoms. The molecule has 0 atom stereocenters. The number of aryl methyl sites for hydroxylation is 1. The van der Waals surface area contributed by atoms with Gasteiger partial charge in [-0.2, -0.15) is 0 Å². The number of thiazole rings is 1. The zero-order valence-electron chi connectivity index (χ0n) is 6.81. The minimum Gasteiger partial charge on any atom is -0.477 e. The van der Waals surface area contributed by atoms with Crippen molar-refractivity contribution in [2.45, 2.75) is 6.92 Å². The summed E-state index contributed by atoms with van der Waals surface area (Å²) in [4.78, 5) is 19.4. The number of aromatic carboxylic acids is 1. The Labute approximate surface area is 77.9 Å². The van der Waals surface area contributed by atoms with Gasteiger partial charge in [0.1, 0.15) is 16.0 Å². The van der Waals surface area contributed by atoms with E-state index in [1.165, 1.54) is 17.4 Å². The van der Waals surface area contributed by atoms with Crippen LogP contribution >= 0.6 is 11.3 Å². The minimum atomic E-state index is -1.01. The Morgan fingerprint density at radius 1 is 1.46 bits per heavy atom. The molecule has 0 saturated carbocycles. The highest BCUT2D eigenvalue weighted by atomic mass is 32.1. The van der Waals surface area contributed by atoms with Crippen LogP contribution in [0.4, 0.5) is 0 Å². The van der Waals surface area contributed by atoms with Crippen LogP contribution in [0.2, 0.25) is 0 Å². The van der Waals surface area contributed by atoms with Crippen LogP contribution in [0.3, 0.4) is 0 Å². The Balaban J connectivity index is 2.67. The molecule has 0 spiro atoms. The fourth-order valence-corrected chi connectivity index (χ4v) is 1.83. The third-order valence-electron chi connectivity index (χ3n) is 1.58. The number of nitrogens with zero attached hydrogens (tertiary/aromatic N) is 2. The van der Waals surface area contributed by atoms with Gasteiger partial charge in [-0.1, -0.05) is 11.3 Å². The number of hydrogen-bond acceptors (Lipinski definition) is 4. The Morgan fingerprint density at radius 3 is 2.92 bits per heavy atom. The third kappa shape index (κ3) is 1.38. The van der Waals surface area contributed by atoms with Gasteiger partial charge in [0, 0.05) is 0 Å². The number of carboxylic acid groups (broad SMARTS) is 1. The molecule has 0 amide bonds. The van der Waals surface area contributed by atoms with E-state index in [4.69, 9.17) is 5.11 Å². The van der Waals surface area contributed by atoms with Gasteiger partial charge in [-0.15, -0.1) is 0 Å². The molecule has 4 nitrogen and oxygen atoms in total. The first kappa shape index (κ1) is 8.12. The number of carboxylic acids is 1. The summed E-state index contributed by atoms with van der Waals surface area (Å²) >= 11 is 1.40. The highest BCUT2D eigenvalue weighted by molar-refractivity contribution is 7.18. The van der Waals surface area contributed by atoms with Crippen LogP contribution in [0.15, 0.2) is 12.1 Å². The summed E-state index contributed by atoms with van der Waals surface area (Å²) in [6, 6.07) is 3.14. The largest absolute Gasteiger partial charge is 0.477 e. The molecule has 1 N–H and O–H groups in total. The van der Waals surface area contributed by atoms with Gasteiger partial charge >= 0.3 is 5.97 Å². The summed E-state index contributed by atoms with van der Waals surface area (Å²) in [6.07, 6.45) is 0. The third-order valence-corrected chi connectivity index (χ3v) is 2.46. The molecule has 66 valence electrons. The van der Waals surface area contributed by atoms with Gasteiger partial charge in [-0.25, -0.2) is 14.8 Å². The first-order valence-electron chi connectivity index (χ1n) is 3.64. The first-order chi connectivity index (χ1) is 6.16. The van der Waals surface area contributed by atoms with Crippen molar-refractivity contribution in [2.24, 2.45) is 0 Å². The molecule has 0 aliphatic carbocycles. The van der Waals surface area contributed by atoms with Crippen molar-refractivity contribution in [3.63, 3.8) is 0 Å². The van der Waals surface area contributed by atoms with E-state index in [1.807, 2.05) is 6.92 Å². The van der Waals surface area contributed by atoms with E-state index in [0.29, 0.717) is 4.83 Å². The second-order valence-electron chi connectivity index (χ2n) is 2.56. The summed E-state index contributed by atoms with van der Waals surface area (Å²) in [5, 5.41) is 9.57. The molecule has 0 fully saturated rings. The van der Waals surface area contributed by atoms with Gasteiger partial charge in [0.05, 0.1) is 5.01 Å². The zero-order chi connectivity index (χ0) is 9.42. The van der Waals surface area contributed by atoms with E-state index in [0.717, 1.165) is 10.5 Å². The van der Waals surface area contributed by atoms with Crippen LogP contribution in [0.1, 0.15) is 15.5 Å². The number of carbonyl (C=O) groups is 1. The monoisotopic (exact) mass is 194 g/mol. The summed E-state index contributed by atoms with van der Waals surface area (Å²) in [5.74, 6) is -1.01. The Morgan fingerprint density at radius 2 is 2.23 bits per heavy atom. The topological polar surface area (TPSA) is 63.1 Å². The number of hydrogen-bond donors (Lipinski definition) is 1. The minimum absolute atomic E-state index is 0.0659. The quantitative estimate of drug-likeness (QED) is 0.750. The van der Waals surface area contributed by atoms with E-state index in [-0.39, 0.29) is 5.69 Å². The maximum atomic E-state index is 10.6. The molecule has 0 radical (unpaired) electrons. The summed E-state index contributed by atoms with van der Waals surface area (Å²) in [6.45, 7) is 1.87. The molecular formula is C8H6N2O2S. The van der Waals surface area contributed by atoms with Gasteiger partial charge in [-0.05, 0) is 19.1 Å². The summed E-state index contributed by atoms with van der Waals surface area (Å²) in [5.41, 5.74) is 0.823. The van der Waals surface area contributed by atoms with Crippen LogP contribution in [0, 0.1) is 6.92 Å². The average molecular weight is 194 g/mol. The molecule has 2 aromatic rings. The molecule has 0 aliphatic heterocycles. The summed E-state index contributed by atoms with van der Waals surface area (Å²) < 4.78 is 0. The SMILES string of the molecule is Cc1nc2ccc(C(=O)O)nc2s1. The number of fused-ring (bicyclic) bond motifs is 1. The van der Waals surface area contributed by atoms with E-state index >= 15 is 0 Å². The smallest absolute Gasteiger partial charge is 0.354 e. The van der Waals surface area contributed by atoms with Crippen molar-refractivity contribution in [1.82, 2.24) is 9.97 Å². The fourth-order valence-electron chi connectivity index (χ4n) is 1.04. The Kier molecular flexibility index (Phi) is 1.73. The number of rotatable bonds is 1. The lowest BCUT2D eigenvalue weighted by molar-refractivity contribution is 0.0691. The molecule has 0 unspecified atom stereocenters. The molecular weight excluding hydrogens is 188 g/mol. The number of pyridine rings is 1. The predicted molar refractivity (Wildman–Crippen MR) is 49.1 cm³/mol. The maximum absolute atomic E-state index is 10.6. The molecule has 0 aromatic carbocycles. The van der Waals surface area contributed by atoms with Gasteiger partial charge < -0.3 is 5.11 Å². The number of aromatic nitrogens is 2. The van der Waals surface area contributed by atoms with Crippen molar-refractivity contribution >= 4 is 27.7 Å². The van der Waals surface area contributed by atoms with Crippen molar-refractivity contribution < 1.29 is 9.90 Å². The lowest BCUT2D eigenvalue weighted by atomic mass is 10.3. The maximum Gasteiger partial charge on any atom is 0.354 e. The zero-order valence-corrected chi connectivity index (χ0v) is 7.63. The fraction of sp³-hybridized carbons (Fsp3) is 0.125. The lowest BCUT2D eigenvalue weighted by Gasteiger charge is -1.90. The van der Waals surface area contributed by atoms with Gasteiger partial charge in [0.2, 0.25) is 0 Å². The molecule has 13 heavy (non-hydrogen) atoms. The molecule has 2 heterocycles. The molecule has 2 aromatic heterocycles. The van der Waals surface area contributed by atoms with Crippen molar-refractivity contribution in [1.29, 1.82) is 0 Å². The van der Waals surface area contributed by atoms with Crippen molar-refractivity contribution in [2.75, 3.05) is 0 Å². The average Bonchev–Trinajstić information content (AvgIpc) is 2.42. The predicted octanol–water partition coefficient (Wildman–Crippen LogP) is 1.70. The van der Waals surface area contributed by atoms with Crippen LogP contribution in [0.25, 0.3) is 10.3 Å². The molecule has 0 saturated heterocycles. The highest BCUT2D eigenvalue weighted by Gasteiger charge is 2.07. The van der Waals surface area contributed by atoms with Gasteiger partial charge in [-0.3, -0.25) is 0 Å². The van der Waals surface area contributed by atoms with Crippen LogP contribution < -0.4 is 0 Å². The standard InChI is InChI=1S/C8H6N2O2S/c1-4-9-5-2-3-6(8(11)12)10-7(5)13-4/h2-3H,1H3,(H,11,12). The van der Waals surface area contributed by atoms with E-state index in [2.05, 4.69) is 9.97 Å². The molecule has 0 bridgehead atoms. The molecule has 2 rings (SSSR count). The van der Waals surface area contributed by atoms with E-state index in [1.54, 1.807) is 6.07 Å². The van der Waals surface area contributed by atoms with E-state index < -0.39 is 5.97 Å². The van der Waals surface area contributed by atoms with Crippen LogP contribution in [-0.4, -0.2) is 21.0 Å². The van der Waals surface area contributed by atoms with Gasteiger partial charge in [0.25, 0.3) is 0 Å². The highest BCUT2D eigenvalue weighted by Crippen LogP contribution is 2.19. The normalized spacial score (nSPS) is 10.5.